The van der Waals surface area contributed by atoms with Crippen molar-refractivity contribution < 1.29 is 19.8 Å². The van der Waals surface area contributed by atoms with Gasteiger partial charge in [0, 0.05) is 17.3 Å². The van der Waals surface area contributed by atoms with Gasteiger partial charge in [-0.2, -0.15) is 0 Å². The van der Waals surface area contributed by atoms with Gasteiger partial charge in [-0.15, -0.1) is 0 Å². The number of aliphatic hydroxyl groups excluding tert-OH is 1. The van der Waals surface area contributed by atoms with Crippen LogP contribution in [0.5, 0.6) is 0 Å². The second kappa shape index (κ2) is 7.20. The molecule has 0 amide bonds. The maximum absolute atomic E-state index is 12.9. The van der Waals surface area contributed by atoms with E-state index in [9.17, 15) is 19.8 Å². The molecule has 0 radical (unpaired) electrons. The van der Waals surface area contributed by atoms with Crippen molar-refractivity contribution in [2.75, 3.05) is 0 Å². The number of carboxylic acid groups (broad SMARTS) is 1. The summed E-state index contributed by atoms with van der Waals surface area (Å²) in [6, 6.07) is 0. The number of fused-ring (bicyclic) bond motifs is 7. The van der Waals surface area contributed by atoms with Gasteiger partial charge in [-0.3, -0.25) is 9.59 Å². The SMILES string of the molecule is CC1C(C(=O)O)CC(O)[C@]2(C)CC[C@]3(C)C(=CC[C@H]4[C@@]5(C)CCC(=O)C(C)(C)[C@@H]5CC[C@]43C)[C@H]12. The second-order valence-electron chi connectivity index (χ2n) is 14.5. The number of aliphatic hydroxyl groups is 1. The number of carbonyl (C=O) groups is 2. The van der Waals surface area contributed by atoms with Crippen molar-refractivity contribution in [3.63, 3.8) is 0 Å². The molecular weight excluding hydrogens is 424 g/mol. The third-order valence-electron chi connectivity index (χ3n) is 13.2. The molecule has 5 aliphatic rings. The number of allylic oxidation sites excluding steroid dienone is 2. The van der Waals surface area contributed by atoms with E-state index in [0.29, 0.717) is 30.5 Å². The molecule has 190 valence electrons. The summed E-state index contributed by atoms with van der Waals surface area (Å²) >= 11 is 0. The van der Waals surface area contributed by atoms with Gasteiger partial charge in [0.1, 0.15) is 5.78 Å². The fourth-order valence-electron chi connectivity index (χ4n) is 10.8. The summed E-state index contributed by atoms with van der Waals surface area (Å²) in [6.07, 6.45) is 9.26. The van der Waals surface area contributed by atoms with E-state index < -0.39 is 18.0 Å². The van der Waals surface area contributed by atoms with Crippen LogP contribution in [0.1, 0.15) is 99.8 Å². The maximum atomic E-state index is 12.9. The molecule has 10 atom stereocenters. The monoisotopic (exact) mass is 470 g/mol. The largest absolute Gasteiger partial charge is 0.481 e. The Kier molecular flexibility index (Phi) is 5.20. The number of rotatable bonds is 1. The number of carboxylic acids is 1. The zero-order chi connectivity index (χ0) is 25.1. The first-order chi connectivity index (χ1) is 15.6. The average molecular weight is 471 g/mol. The van der Waals surface area contributed by atoms with Crippen LogP contribution in [0.25, 0.3) is 0 Å². The summed E-state index contributed by atoms with van der Waals surface area (Å²) in [5, 5.41) is 21.2. The third-order valence-corrected chi connectivity index (χ3v) is 13.2. The van der Waals surface area contributed by atoms with Gasteiger partial charge in [-0.05, 0) is 84.9 Å². The van der Waals surface area contributed by atoms with Crippen molar-refractivity contribution in [2.45, 2.75) is 106 Å². The van der Waals surface area contributed by atoms with Crippen LogP contribution in [0.4, 0.5) is 0 Å². The maximum Gasteiger partial charge on any atom is 0.306 e. The highest BCUT2D eigenvalue weighted by atomic mass is 16.4. The molecule has 3 unspecified atom stereocenters. The molecule has 0 spiro atoms. The molecule has 0 bridgehead atoms. The molecule has 4 fully saturated rings. The molecule has 0 saturated heterocycles. The zero-order valence-corrected chi connectivity index (χ0v) is 22.4. The highest BCUT2D eigenvalue weighted by Crippen LogP contribution is 2.75. The summed E-state index contributed by atoms with van der Waals surface area (Å²) < 4.78 is 0. The summed E-state index contributed by atoms with van der Waals surface area (Å²) in [5.41, 5.74) is 1.24. The van der Waals surface area contributed by atoms with Crippen LogP contribution in [-0.2, 0) is 9.59 Å². The molecule has 0 aromatic rings. The Bertz CT molecular complexity index is 949. The molecule has 5 rings (SSSR count). The normalized spacial score (nSPS) is 54.1. The number of hydrogen-bond acceptors (Lipinski definition) is 3. The summed E-state index contributed by atoms with van der Waals surface area (Å²) in [4.78, 5) is 25.1. The Hall–Kier alpha value is -1.16. The predicted molar refractivity (Wildman–Crippen MR) is 133 cm³/mol. The smallest absolute Gasteiger partial charge is 0.306 e. The van der Waals surface area contributed by atoms with Gasteiger partial charge in [0.2, 0.25) is 0 Å². The summed E-state index contributed by atoms with van der Waals surface area (Å²) in [5.74, 6) is 0.291. The van der Waals surface area contributed by atoms with Gasteiger partial charge in [0.25, 0.3) is 0 Å². The van der Waals surface area contributed by atoms with Crippen LogP contribution < -0.4 is 0 Å². The van der Waals surface area contributed by atoms with Gasteiger partial charge in [0.05, 0.1) is 12.0 Å². The van der Waals surface area contributed by atoms with Crippen molar-refractivity contribution in [1.29, 1.82) is 0 Å². The second-order valence-corrected chi connectivity index (χ2v) is 14.5. The first kappa shape index (κ1) is 24.5. The van der Waals surface area contributed by atoms with Crippen molar-refractivity contribution in [2.24, 2.45) is 56.7 Å². The van der Waals surface area contributed by atoms with E-state index in [1.807, 2.05) is 0 Å². The Morgan fingerprint density at radius 1 is 0.971 bits per heavy atom. The quantitative estimate of drug-likeness (QED) is 0.443. The Labute approximate surface area is 206 Å². The number of ketones is 1. The highest BCUT2D eigenvalue weighted by Gasteiger charge is 2.69. The van der Waals surface area contributed by atoms with Crippen LogP contribution in [0.15, 0.2) is 11.6 Å². The predicted octanol–water partition coefficient (Wildman–Crippen LogP) is 6.27. The zero-order valence-electron chi connectivity index (χ0n) is 22.4. The number of Topliss-reactive ketones (excluding diaryl/α,β-unsaturated/α-hetero) is 1. The average Bonchev–Trinajstić information content (AvgIpc) is 2.74. The van der Waals surface area contributed by atoms with Crippen molar-refractivity contribution >= 4 is 11.8 Å². The molecule has 0 aliphatic heterocycles. The van der Waals surface area contributed by atoms with Gasteiger partial charge in [-0.1, -0.05) is 60.1 Å². The van der Waals surface area contributed by atoms with Gasteiger partial charge in [0.15, 0.2) is 0 Å². The molecule has 34 heavy (non-hydrogen) atoms. The molecule has 2 N–H and O–H groups in total. The molecule has 4 heteroatoms. The van der Waals surface area contributed by atoms with E-state index in [4.69, 9.17) is 0 Å². The number of aliphatic carboxylic acids is 1. The molecular formula is C30H46O4. The van der Waals surface area contributed by atoms with Crippen LogP contribution in [0, 0.1) is 56.7 Å². The Balaban J connectivity index is 1.60. The van der Waals surface area contributed by atoms with E-state index >= 15 is 0 Å². The van der Waals surface area contributed by atoms with Gasteiger partial charge < -0.3 is 10.2 Å². The molecule has 5 aliphatic carbocycles. The van der Waals surface area contributed by atoms with Crippen molar-refractivity contribution in [3.8, 4) is 0 Å². The van der Waals surface area contributed by atoms with Crippen molar-refractivity contribution in [3.05, 3.63) is 11.6 Å². The first-order valence-corrected chi connectivity index (χ1v) is 13.8. The Morgan fingerprint density at radius 2 is 1.65 bits per heavy atom. The lowest BCUT2D eigenvalue weighted by atomic mass is 9.33. The van der Waals surface area contributed by atoms with E-state index in [1.54, 1.807) is 0 Å². The third kappa shape index (κ3) is 2.75. The van der Waals surface area contributed by atoms with E-state index in [2.05, 4.69) is 54.5 Å². The lowest BCUT2D eigenvalue weighted by molar-refractivity contribution is -0.194. The number of hydrogen-bond donors (Lipinski definition) is 2. The molecule has 0 aromatic carbocycles. The molecule has 4 nitrogen and oxygen atoms in total. The van der Waals surface area contributed by atoms with Crippen LogP contribution in [0.3, 0.4) is 0 Å². The van der Waals surface area contributed by atoms with Gasteiger partial charge in [-0.25, -0.2) is 0 Å². The standard InChI is InChI=1S/C30H46O4/c1-17-18(25(33)34)16-23(32)28(5)14-15-29(6)19(24(17)28)8-9-21-27(4)12-11-22(31)26(2,3)20(27)10-13-30(21,29)7/h8,17-18,20-21,23-24,32H,9-16H2,1-7H3,(H,33,34)/t17?,18?,20-,21-,23?,24-,27-,28-,29+,30+/m0/s1. The van der Waals surface area contributed by atoms with Gasteiger partial charge >= 0.3 is 5.97 Å². The van der Waals surface area contributed by atoms with Crippen LogP contribution >= 0.6 is 0 Å². The lowest BCUT2D eigenvalue weighted by Crippen LogP contribution is -2.65. The Morgan fingerprint density at radius 3 is 2.29 bits per heavy atom. The molecule has 0 aromatic heterocycles. The minimum atomic E-state index is -0.761. The minimum absolute atomic E-state index is 0.00798. The van der Waals surface area contributed by atoms with Crippen molar-refractivity contribution in [1.82, 2.24) is 0 Å². The fourth-order valence-corrected chi connectivity index (χ4v) is 10.8. The fraction of sp³-hybridized carbons (Fsp3) is 0.867. The summed E-state index contributed by atoms with van der Waals surface area (Å²) in [7, 11) is 0. The van der Waals surface area contributed by atoms with Crippen LogP contribution in [0.2, 0.25) is 0 Å². The minimum Gasteiger partial charge on any atom is -0.481 e. The van der Waals surface area contributed by atoms with Crippen LogP contribution in [-0.4, -0.2) is 28.1 Å². The summed E-state index contributed by atoms with van der Waals surface area (Å²) in [6.45, 7) is 16.2. The molecule has 4 saturated carbocycles. The van der Waals surface area contributed by atoms with E-state index in [1.165, 1.54) is 5.57 Å². The van der Waals surface area contributed by atoms with E-state index in [0.717, 1.165) is 38.5 Å². The topological polar surface area (TPSA) is 74.6 Å². The highest BCUT2D eigenvalue weighted by molar-refractivity contribution is 5.85. The van der Waals surface area contributed by atoms with E-state index in [-0.39, 0.29) is 38.9 Å². The lowest BCUT2D eigenvalue weighted by Gasteiger charge is -2.71. The molecule has 0 heterocycles. The number of carbonyl (C=O) groups excluding carboxylic acids is 1. The first-order valence-electron chi connectivity index (χ1n) is 13.8.